The average Bonchev–Trinajstić information content (AvgIpc) is 2.80. The summed E-state index contributed by atoms with van der Waals surface area (Å²) in [5.74, 6) is 2.11. The summed E-state index contributed by atoms with van der Waals surface area (Å²) in [4.78, 5) is 26.8. The minimum Gasteiger partial charge on any atom is -0.339 e. The van der Waals surface area contributed by atoms with Crippen LogP contribution in [0.15, 0.2) is 54.5 Å². The van der Waals surface area contributed by atoms with Crippen LogP contribution in [0.3, 0.4) is 0 Å². The molecule has 0 radical (unpaired) electrons. The number of aromatic nitrogens is 2. The summed E-state index contributed by atoms with van der Waals surface area (Å²) in [6.45, 7) is 5.62. The molecule has 0 unspecified atom stereocenters. The van der Waals surface area contributed by atoms with Crippen LogP contribution < -0.4 is 9.80 Å². The van der Waals surface area contributed by atoms with E-state index in [0.29, 0.717) is 35.6 Å². The van der Waals surface area contributed by atoms with Crippen LogP contribution in [0, 0.1) is 0 Å². The zero-order valence-electron chi connectivity index (χ0n) is 17.9. The highest BCUT2D eigenvalue weighted by Gasteiger charge is 2.28. The van der Waals surface area contributed by atoms with Crippen LogP contribution in [0.2, 0.25) is 0 Å². The molecule has 0 bridgehead atoms. The van der Waals surface area contributed by atoms with Gasteiger partial charge in [0.25, 0.3) is 5.91 Å². The van der Waals surface area contributed by atoms with Gasteiger partial charge in [-0.1, -0.05) is 30.4 Å². The maximum absolute atomic E-state index is 14.9. The molecule has 1 aromatic carbocycles. The first-order chi connectivity index (χ1) is 15.1. The van der Waals surface area contributed by atoms with Crippen LogP contribution in [-0.4, -0.2) is 46.5 Å². The Morgan fingerprint density at radius 1 is 1.19 bits per heavy atom. The molecule has 2 aromatic rings. The quantitative estimate of drug-likeness (QED) is 0.649. The molecule has 0 atom stereocenters. The first-order valence-corrected chi connectivity index (χ1v) is 11.9. The number of anilines is 2. The molecule has 5 nitrogen and oxygen atoms in total. The van der Waals surface area contributed by atoms with Crippen molar-refractivity contribution in [2.45, 2.75) is 32.7 Å². The molecule has 2 heterocycles. The molecule has 1 amide bonds. The highest BCUT2D eigenvalue weighted by Crippen LogP contribution is 2.32. The van der Waals surface area contributed by atoms with E-state index in [1.54, 1.807) is 17.2 Å². The lowest BCUT2D eigenvalue weighted by atomic mass is 9.99. The molecule has 4 rings (SSSR count). The van der Waals surface area contributed by atoms with E-state index in [2.05, 4.69) is 9.88 Å². The number of carbonyl (C=O) groups excluding carboxylic acids is 1. The van der Waals surface area contributed by atoms with Crippen molar-refractivity contribution in [2.24, 2.45) is 0 Å². The Morgan fingerprint density at radius 2 is 1.94 bits per heavy atom. The number of hydrogen-bond donors (Lipinski definition) is 0. The van der Waals surface area contributed by atoms with E-state index in [4.69, 9.17) is 4.98 Å². The molecule has 1 saturated heterocycles. The molecule has 0 saturated carbocycles. The maximum Gasteiger partial charge on any atom is 0.262 e. The highest BCUT2D eigenvalue weighted by molar-refractivity contribution is 7.99. The fourth-order valence-corrected chi connectivity index (χ4v) is 4.77. The van der Waals surface area contributed by atoms with Gasteiger partial charge in [-0.05, 0) is 32.4 Å². The predicted molar refractivity (Wildman–Crippen MR) is 126 cm³/mol. The normalized spacial score (nSPS) is 16.7. The first-order valence-electron chi connectivity index (χ1n) is 10.7. The Labute approximate surface area is 187 Å². The van der Waals surface area contributed by atoms with Gasteiger partial charge in [-0.15, -0.1) is 0 Å². The number of amides is 1. The fourth-order valence-electron chi connectivity index (χ4n) is 3.86. The number of thioether (sulfide) groups is 1. The van der Waals surface area contributed by atoms with Gasteiger partial charge in [0.15, 0.2) is 0 Å². The van der Waals surface area contributed by atoms with Crippen LogP contribution >= 0.6 is 11.8 Å². The van der Waals surface area contributed by atoms with E-state index in [0.717, 1.165) is 30.3 Å². The third-order valence-electron chi connectivity index (χ3n) is 5.43. The number of rotatable bonds is 5. The molecular formula is C24H27FN4OS. The second-order valence-corrected chi connectivity index (χ2v) is 9.12. The van der Waals surface area contributed by atoms with Gasteiger partial charge in [-0.2, -0.15) is 11.8 Å². The average molecular weight is 439 g/mol. The molecule has 1 fully saturated rings. The minimum absolute atomic E-state index is 0.0812. The van der Waals surface area contributed by atoms with Crippen molar-refractivity contribution in [1.29, 1.82) is 0 Å². The number of carbonyl (C=O) groups is 1. The Hall–Kier alpha value is -2.67. The standard InChI is InChI=1S/C24H27FN4OS/c1-17(2)29(18-8-4-3-5-9-18)23(30)20-16-26-24(28-12-14-31-15-13-28)27-22(20)19-10-6-7-11-21(19)25/h3-6,8-10,16-17H,7,11-15H2,1-2H3. The number of halogens is 1. The summed E-state index contributed by atoms with van der Waals surface area (Å²) >= 11 is 1.90. The summed E-state index contributed by atoms with van der Waals surface area (Å²) in [7, 11) is 0. The van der Waals surface area contributed by atoms with Crippen molar-refractivity contribution >= 4 is 34.9 Å². The lowest BCUT2D eigenvalue weighted by Gasteiger charge is -2.29. The Morgan fingerprint density at radius 3 is 2.61 bits per heavy atom. The number of hydrogen-bond acceptors (Lipinski definition) is 5. The Balaban J connectivity index is 1.80. The Kier molecular flexibility index (Phi) is 6.70. The molecule has 7 heteroatoms. The summed E-state index contributed by atoms with van der Waals surface area (Å²) in [5, 5.41) is 0. The van der Waals surface area contributed by atoms with Crippen LogP contribution in [0.5, 0.6) is 0 Å². The van der Waals surface area contributed by atoms with Crippen molar-refractivity contribution in [3.8, 4) is 0 Å². The summed E-state index contributed by atoms with van der Waals surface area (Å²) in [5.41, 5.74) is 1.88. The molecule has 1 aliphatic heterocycles. The Bertz CT molecular complexity index is 1000. The van der Waals surface area contributed by atoms with Crippen molar-refractivity contribution in [3.63, 3.8) is 0 Å². The van der Waals surface area contributed by atoms with E-state index in [1.807, 2.05) is 62.0 Å². The third kappa shape index (κ3) is 4.66. The van der Waals surface area contributed by atoms with Gasteiger partial charge < -0.3 is 9.80 Å². The lowest BCUT2D eigenvalue weighted by Crippen LogP contribution is -2.38. The van der Waals surface area contributed by atoms with Crippen molar-refractivity contribution < 1.29 is 9.18 Å². The first kappa shape index (κ1) is 21.6. The van der Waals surface area contributed by atoms with Gasteiger partial charge in [0.1, 0.15) is 5.83 Å². The molecule has 0 N–H and O–H groups in total. The van der Waals surface area contributed by atoms with E-state index in [-0.39, 0.29) is 17.8 Å². The molecule has 0 spiro atoms. The lowest BCUT2D eigenvalue weighted by molar-refractivity contribution is 0.0979. The molecule has 1 aromatic heterocycles. The molecule has 162 valence electrons. The maximum atomic E-state index is 14.9. The van der Waals surface area contributed by atoms with Gasteiger partial charge >= 0.3 is 0 Å². The van der Waals surface area contributed by atoms with Crippen molar-refractivity contribution in [3.05, 3.63) is 65.8 Å². The smallest absolute Gasteiger partial charge is 0.262 e. The van der Waals surface area contributed by atoms with Crippen LogP contribution in [0.4, 0.5) is 16.0 Å². The number of allylic oxidation sites excluding steroid dienone is 4. The number of para-hydroxylation sites is 1. The second kappa shape index (κ2) is 9.64. The molecule has 1 aliphatic carbocycles. The topological polar surface area (TPSA) is 49.3 Å². The van der Waals surface area contributed by atoms with E-state index in [1.165, 1.54) is 0 Å². The molecule has 2 aliphatic rings. The van der Waals surface area contributed by atoms with Gasteiger partial charge in [0.05, 0.1) is 11.3 Å². The molecular weight excluding hydrogens is 411 g/mol. The number of nitrogens with zero attached hydrogens (tertiary/aromatic N) is 4. The third-order valence-corrected chi connectivity index (χ3v) is 6.37. The van der Waals surface area contributed by atoms with E-state index < -0.39 is 0 Å². The van der Waals surface area contributed by atoms with Gasteiger partial charge in [-0.3, -0.25) is 4.79 Å². The highest BCUT2D eigenvalue weighted by atomic mass is 32.2. The van der Waals surface area contributed by atoms with Gasteiger partial charge in [-0.25, -0.2) is 14.4 Å². The molecule has 31 heavy (non-hydrogen) atoms. The SMILES string of the molecule is CC(C)N(C(=O)c1cnc(N2CCSCC2)nc1C1=C(F)CCC=C1)c1ccccc1. The summed E-state index contributed by atoms with van der Waals surface area (Å²) < 4.78 is 14.9. The van der Waals surface area contributed by atoms with Crippen LogP contribution in [0.25, 0.3) is 5.57 Å². The van der Waals surface area contributed by atoms with Gasteiger partial charge in [0.2, 0.25) is 5.95 Å². The van der Waals surface area contributed by atoms with Crippen LogP contribution in [0.1, 0.15) is 42.7 Å². The number of benzene rings is 1. The van der Waals surface area contributed by atoms with E-state index in [9.17, 15) is 9.18 Å². The van der Waals surface area contributed by atoms with Crippen molar-refractivity contribution in [1.82, 2.24) is 9.97 Å². The van der Waals surface area contributed by atoms with Gasteiger partial charge in [0, 0.05) is 54.5 Å². The monoisotopic (exact) mass is 438 g/mol. The zero-order valence-corrected chi connectivity index (χ0v) is 18.7. The van der Waals surface area contributed by atoms with Crippen molar-refractivity contribution in [2.75, 3.05) is 34.4 Å². The minimum atomic E-state index is -0.230. The summed E-state index contributed by atoms with van der Waals surface area (Å²) in [6, 6.07) is 9.44. The van der Waals surface area contributed by atoms with Crippen LogP contribution in [-0.2, 0) is 0 Å². The van der Waals surface area contributed by atoms with E-state index >= 15 is 0 Å². The fraction of sp³-hybridized carbons (Fsp3) is 0.375. The largest absolute Gasteiger partial charge is 0.339 e. The summed E-state index contributed by atoms with van der Waals surface area (Å²) in [6.07, 6.45) is 6.23. The second-order valence-electron chi connectivity index (χ2n) is 7.90. The zero-order chi connectivity index (χ0) is 21.8. The predicted octanol–water partition coefficient (Wildman–Crippen LogP) is 5.12.